The van der Waals surface area contributed by atoms with Gasteiger partial charge in [-0.15, -0.1) is 0 Å². The summed E-state index contributed by atoms with van der Waals surface area (Å²) in [5, 5.41) is 0.771. The van der Waals surface area contributed by atoms with Gasteiger partial charge >= 0.3 is 0 Å². The van der Waals surface area contributed by atoms with Crippen LogP contribution in [0.3, 0.4) is 0 Å². The average molecular weight is 305 g/mol. The molecule has 21 heavy (non-hydrogen) atoms. The topological polar surface area (TPSA) is 27.1 Å². The summed E-state index contributed by atoms with van der Waals surface area (Å²) in [6.07, 6.45) is 8.85. The van der Waals surface area contributed by atoms with E-state index < -0.39 is 0 Å². The van der Waals surface area contributed by atoms with Crippen LogP contribution in [-0.4, -0.2) is 22.8 Å². The largest absolute Gasteiger partial charge is 0.381 e. The Balaban J connectivity index is 1.92. The summed E-state index contributed by atoms with van der Waals surface area (Å²) in [5.74, 6) is 0.985. The van der Waals surface area contributed by atoms with E-state index in [9.17, 15) is 0 Å². The molecule has 3 nitrogen and oxygen atoms in total. The van der Waals surface area contributed by atoms with Crippen LogP contribution in [0.4, 0.5) is 0 Å². The molecule has 4 heteroatoms. The molecule has 1 aliphatic carbocycles. The van der Waals surface area contributed by atoms with Gasteiger partial charge in [0, 0.05) is 31.1 Å². The summed E-state index contributed by atoms with van der Waals surface area (Å²) in [5.41, 5.74) is 2.22. The van der Waals surface area contributed by atoms with E-state index in [1.54, 1.807) is 7.11 Å². The lowest BCUT2D eigenvalue weighted by atomic mass is 9.92. The minimum atomic E-state index is 0.412. The number of hydrogen-bond donors (Lipinski definition) is 0. The van der Waals surface area contributed by atoms with E-state index in [0.717, 1.165) is 42.1 Å². The number of imidazole rings is 1. The minimum Gasteiger partial charge on any atom is -0.381 e. The molecule has 0 saturated heterocycles. The molecule has 0 aliphatic heterocycles. The molecule has 0 spiro atoms. The highest BCUT2D eigenvalue weighted by Crippen LogP contribution is 2.36. The molecule has 0 radical (unpaired) electrons. The van der Waals surface area contributed by atoms with Crippen LogP contribution in [0.5, 0.6) is 0 Å². The molecule has 0 bridgehead atoms. The molecule has 112 valence electrons. The van der Waals surface area contributed by atoms with Gasteiger partial charge in [-0.1, -0.05) is 23.7 Å². The van der Waals surface area contributed by atoms with Crippen LogP contribution in [-0.2, 0) is 4.74 Å². The molecular formula is C17H21ClN2O. The first-order valence-electron chi connectivity index (χ1n) is 7.52. The van der Waals surface area contributed by atoms with Crippen molar-refractivity contribution in [3.63, 3.8) is 0 Å². The second kappa shape index (κ2) is 6.20. The van der Waals surface area contributed by atoms with Crippen molar-refractivity contribution in [3.8, 4) is 11.4 Å². The van der Waals surface area contributed by atoms with Crippen molar-refractivity contribution in [3.05, 3.63) is 41.2 Å². The van der Waals surface area contributed by atoms with Gasteiger partial charge in [0.15, 0.2) is 0 Å². The summed E-state index contributed by atoms with van der Waals surface area (Å²) in [6, 6.07) is 6.50. The first kappa shape index (κ1) is 14.6. The maximum atomic E-state index is 6.40. The summed E-state index contributed by atoms with van der Waals surface area (Å²) in [6.45, 7) is 2.09. The molecule has 1 heterocycles. The smallest absolute Gasteiger partial charge is 0.141 e. The number of hydrogen-bond acceptors (Lipinski definition) is 2. The second-order valence-corrected chi connectivity index (χ2v) is 6.16. The lowest BCUT2D eigenvalue weighted by Gasteiger charge is -2.29. The number of rotatable bonds is 3. The van der Waals surface area contributed by atoms with Gasteiger partial charge in [-0.05, 0) is 44.2 Å². The Hall–Kier alpha value is -1.32. The van der Waals surface area contributed by atoms with E-state index >= 15 is 0 Å². The van der Waals surface area contributed by atoms with E-state index in [4.69, 9.17) is 16.3 Å². The third-order valence-electron chi connectivity index (χ3n) is 4.48. The number of methoxy groups -OCH3 is 1. The first-order valence-corrected chi connectivity index (χ1v) is 7.89. The SMILES string of the molecule is COC1CCC(n2ccnc2-c2c(C)cccc2Cl)CC1. The van der Waals surface area contributed by atoms with Gasteiger partial charge in [-0.3, -0.25) is 0 Å². The number of aryl methyl sites for hydroxylation is 1. The van der Waals surface area contributed by atoms with E-state index in [0.29, 0.717) is 12.1 Å². The van der Waals surface area contributed by atoms with Crippen molar-refractivity contribution in [1.29, 1.82) is 0 Å². The predicted molar refractivity (Wildman–Crippen MR) is 85.7 cm³/mol. The highest BCUT2D eigenvalue weighted by molar-refractivity contribution is 6.33. The molecule has 1 saturated carbocycles. The lowest BCUT2D eigenvalue weighted by molar-refractivity contribution is 0.0586. The Morgan fingerprint density at radius 2 is 2.00 bits per heavy atom. The predicted octanol–water partition coefficient (Wildman–Crippen LogP) is 4.64. The number of benzene rings is 1. The Bertz CT molecular complexity index is 595. The summed E-state index contributed by atoms with van der Waals surface area (Å²) in [4.78, 5) is 4.57. The maximum Gasteiger partial charge on any atom is 0.141 e. The molecule has 0 atom stereocenters. The van der Waals surface area contributed by atoms with Gasteiger partial charge in [-0.2, -0.15) is 0 Å². The van der Waals surface area contributed by atoms with Crippen molar-refractivity contribution in [2.24, 2.45) is 0 Å². The summed E-state index contributed by atoms with van der Waals surface area (Å²) < 4.78 is 7.76. The molecule has 3 rings (SSSR count). The summed E-state index contributed by atoms with van der Waals surface area (Å²) >= 11 is 6.40. The monoisotopic (exact) mass is 304 g/mol. The van der Waals surface area contributed by atoms with Crippen LogP contribution >= 0.6 is 11.6 Å². The Morgan fingerprint density at radius 3 is 2.67 bits per heavy atom. The van der Waals surface area contributed by atoms with Crippen molar-refractivity contribution >= 4 is 11.6 Å². The fraction of sp³-hybridized carbons (Fsp3) is 0.471. The Labute approximate surface area is 130 Å². The quantitative estimate of drug-likeness (QED) is 0.826. The fourth-order valence-corrected chi connectivity index (χ4v) is 3.58. The number of aromatic nitrogens is 2. The number of halogens is 1. The van der Waals surface area contributed by atoms with Gasteiger partial charge in [0.2, 0.25) is 0 Å². The molecule has 1 aromatic heterocycles. The average Bonchev–Trinajstić information content (AvgIpc) is 2.96. The zero-order chi connectivity index (χ0) is 14.8. The van der Waals surface area contributed by atoms with Crippen LogP contribution in [0.2, 0.25) is 5.02 Å². The molecule has 2 aromatic rings. The third-order valence-corrected chi connectivity index (χ3v) is 4.80. The molecule has 1 fully saturated rings. The van der Waals surface area contributed by atoms with Crippen molar-refractivity contribution in [1.82, 2.24) is 9.55 Å². The number of nitrogens with zero attached hydrogens (tertiary/aromatic N) is 2. The Morgan fingerprint density at radius 1 is 1.24 bits per heavy atom. The lowest BCUT2D eigenvalue weighted by Crippen LogP contribution is -2.22. The highest BCUT2D eigenvalue weighted by Gasteiger charge is 2.24. The fourth-order valence-electron chi connectivity index (χ4n) is 3.28. The molecule has 0 amide bonds. The van der Waals surface area contributed by atoms with E-state index in [2.05, 4.69) is 28.7 Å². The van der Waals surface area contributed by atoms with Crippen LogP contribution in [0.15, 0.2) is 30.6 Å². The minimum absolute atomic E-state index is 0.412. The van der Waals surface area contributed by atoms with E-state index in [1.165, 1.54) is 5.56 Å². The molecule has 1 aromatic carbocycles. The molecule has 1 aliphatic rings. The van der Waals surface area contributed by atoms with Crippen LogP contribution in [0.1, 0.15) is 37.3 Å². The van der Waals surface area contributed by atoms with Crippen molar-refractivity contribution in [2.45, 2.75) is 44.8 Å². The summed E-state index contributed by atoms with van der Waals surface area (Å²) in [7, 11) is 1.81. The second-order valence-electron chi connectivity index (χ2n) is 5.76. The van der Waals surface area contributed by atoms with E-state index in [-0.39, 0.29) is 0 Å². The van der Waals surface area contributed by atoms with Crippen LogP contribution in [0.25, 0.3) is 11.4 Å². The molecular weight excluding hydrogens is 284 g/mol. The van der Waals surface area contributed by atoms with E-state index in [1.807, 2.05) is 18.3 Å². The molecule has 0 unspecified atom stereocenters. The van der Waals surface area contributed by atoms with Gasteiger partial charge in [0.25, 0.3) is 0 Å². The number of ether oxygens (including phenoxy) is 1. The van der Waals surface area contributed by atoms with Crippen LogP contribution in [0, 0.1) is 6.92 Å². The molecule has 0 N–H and O–H groups in total. The normalized spacial score (nSPS) is 22.4. The van der Waals surface area contributed by atoms with Gasteiger partial charge in [0.1, 0.15) is 5.82 Å². The maximum absolute atomic E-state index is 6.40. The standard InChI is InChI=1S/C17H21ClN2O/c1-12-4-3-5-15(18)16(12)17-19-10-11-20(17)13-6-8-14(21-2)9-7-13/h3-5,10-11,13-14H,6-9H2,1-2H3. The van der Waals surface area contributed by atoms with Crippen molar-refractivity contribution < 1.29 is 4.74 Å². The van der Waals surface area contributed by atoms with Crippen LogP contribution < -0.4 is 0 Å². The first-order chi connectivity index (χ1) is 10.2. The Kier molecular flexibility index (Phi) is 4.32. The zero-order valence-electron chi connectivity index (χ0n) is 12.6. The third kappa shape index (κ3) is 2.85. The highest BCUT2D eigenvalue weighted by atomic mass is 35.5. The van der Waals surface area contributed by atoms with Gasteiger partial charge < -0.3 is 9.30 Å². The van der Waals surface area contributed by atoms with Gasteiger partial charge in [0.05, 0.1) is 11.1 Å². The zero-order valence-corrected chi connectivity index (χ0v) is 13.3. The van der Waals surface area contributed by atoms with Gasteiger partial charge in [-0.25, -0.2) is 4.98 Å². The van der Waals surface area contributed by atoms with Crippen molar-refractivity contribution in [2.75, 3.05) is 7.11 Å².